The van der Waals surface area contributed by atoms with E-state index < -0.39 is 0 Å². The molecule has 0 saturated heterocycles. The van der Waals surface area contributed by atoms with Crippen LogP contribution in [0.3, 0.4) is 0 Å². The Morgan fingerprint density at radius 2 is 1.77 bits per heavy atom. The van der Waals surface area contributed by atoms with Crippen LogP contribution in [0, 0.1) is 0 Å². The molecule has 0 spiro atoms. The Hall–Kier alpha value is -3.33. The maximum absolute atomic E-state index is 12.3. The molecule has 1 amide bonds. The number of hydrogen-bond donors (Lipinski definition) is 1. The second kappa shape index (κ2) is 10.4. The molecule has 0 fully saturated rings. The lowest BCUT2D eigenvalue weighted by atomic mass is 10.1. The molecule has 0 radical (unpaired) electrons. The molecule has 1 N–H and O–H groups in total. The van der Waals surface area contributed by atoms with E-state index in [1.807, 2.05) is 54.6 Å². The van der Waals surface area contributed by atoms with Crippen molar-refractivity contribution in [1.82, 2.24) is 20.1 Å². The lowest BCUT2D eigenvalue weighted by Crippen LogP contribution is -2.26. The van der Waals surface area contributed by atoms with Crippen LogP contribution in [0.5, 0.6) is 5.75 Å². The SMILES string of the molecule is COC(=O)CSc1nnc(CNC(=O)Cc2ccccc2)n1-c1ccc(OC)cc1. The summed E-state index contributed by atoms with van der Waals surface area (Å²) in [6, 6.07) is 16.9. The summed E-state index contributed by atoms with van der Waals surface area (Å²) in [4.78, 5) is 23.9. The van der Waals surface area contributed by atoms with Gasteiger partial charge in [-0.15, -0.1) is 10.2 Å². The second-order valence-electron chi connectivity index (χ2n) is 6.24. The van der Waals surface area contributed by atoms with Gasteiger partial charge in [-0.3, -0.25) is 14.2 Å². The molecular formula is C21H22N4O4S. The van der Waals surface area contributed by atoms with E-state index in [0.717, 1.165) is 11.3 Å². The van der Waals surface area contributed by atoms with E-state index in [-0.39, 0.29) is 30.6 Å². The highest BCUT2D eigenvalue weighted by molar-refractivity contribution is 7.99. The Balaban J connectivity index is 1.77. The van der Waals surface area contributed by atoms with Gasteiger partial charge in [0.2, 0.25) is 5.91 Å². The number of carbonyl (C=O) groups is 2. The minimum Gasteiger partial charge on any atom is -0.497 e. The summed E-state index contributed by atoms with van der Waals surface area (Å²) >= 11 is 1.21. The fourth-order valence-electron chi connectivity index (χ4n) is 2.70. The van der Waals surface area contributed by atoms with Gasteiger partial charge in [-0.1, -0.05) is 42.1 Å². The van der Waals surface area contributed by atoms with Crippen molar-refractivity contribution in [3.05, 3.63) is 66.0 Å². The largest absolute Gasteiger partial charge is 0.497 e. The molecule has 0 aliphatic carbocycles. The van der Waals surface area contributed by atoms with Gasteiger partial charge in [-0.2, -0.15) is 0 Å². The molecule has 0 aliphatic heterocycles. The van der Waals surface area contributed by atoms with Crippen molar-refractivity contribution in [2.75, 3.05) is 20.0 Å². The summed E-state index contributed by atoms with van der Waals surface area (Å²) in [6.07, 6.45) is 0.279. The van der Waals surface area contributed by atoms with Crippen molar-refractivity contribution in [2.24, 2.45) is 0 Å². The van der Waals surface area contributed by atoms with Crippen LogP contribution in [-0.2, 0) is 27.3 Å². The smallest absolute Gasteiger partial charge is 0.316 e. The molecule has 3 aromatic rings. The molecule has 0 unspecified atom stereocenters. The Kier molecular flexibility index (Phi) is 7.45. The molecule has 1 heterocycles. The number of benzene rings is 2. The van der Waals surface area contributed by atoms with Crippen LogP contribution in [0.15, 0.2) is 59.8 Å². The summed E-state index contributed by atoms with van der Waals surface area (Å²) in [6.45, 7) is 0.198. The molecule has 0 atom stereocenters. The summed E-state index contributed by atoms with van der Waals surface area (Å²) < 4.78 is 11.7. The van der Waals surface area contributed by atoms with Crippen LogP contribution < -0.4 is 10.1 Å². The number of amides is 1. The number of esters is 1. The molecule has 156 valence electrons. The van der Waals surface area contributed by atoms with Crippen molar-refractivity contribution in [2.45, 2.75) is 18.1 Å². The highest BCUT2D eigenvalue weighted by Gasteiger charge is 2.17. The minimum atomic E-state index is -0.359. The number of nitrogens with zero attached hydrogens (tertiary/aromatic N) is 3. The van der Waals surface area contributed by atoms with Crippen molar-refractivity contribution in [3.8, 4) is 11.4 Å². The number of hydrogen-bond acceptors (Lipinski definition) is 7. The first kappa shape index (κ1) is 21.4. The lowest BCUT2D eigenvalue weighted by Gasteiger charge is -2.11. The number of aromatic nitrogens is 3. The first-order valence-corrected chi connectivity index (χ1v) is 10.2. The van der Waals surface area contributed by atoms with E-state index in [9.17, 15) is 9.59 Å². The number of nitrogens with one attached hydrogen (secondary N) is 1. The number of ether oxygens (including phenoxy) is 2. The van der Waals surface area contributed by atoms with Gasteiger partial charge < -0.3 is 14.8 Å². The summed E-state index contributed by atoms with van der Waals surface area (Å²) in [5, 5.41) is 11.8. The zero-order valence-corrected chi connectivity index (χ0v) is 17.5. The van der Waals surface area contributed by atoms with E-state index >= 15 is 0 Å². The van der Waals surface area contributed by atoms with Gasteiger partial charge in [0, 0.05) is 5.69 Å². The topological polar surface area (TPSA) is 95.3 Å². The molecule has 2 aromatic carbocycles. The standard InChI is InChI=1S/C21H22N4O4S/c1-28-17-10-8-16(9-11-17)25-18(23-24-21(25)30-14-20(27)29-2)13-22-19(26)12-15-6-4-3-5-7-15/h3-11H,12-14H2,1-2H3,(H,22,26). The molecule has 9 heteroatoms. The Morgan fingerprint density at radius 1 is 1.03 bits per heavy atom. The van der Waals surface area contributed by atoms with E-state index in [1.165, 1.54) is 18.9 Å². The molecule has 0 aliphatic rings. The van der Waals surface area contributed by atoms with Crippen LogP contribution in [0.2, 0.25) is 0 Å². The van der Waals surface area contributed by atoms with Gasteiger partial charge in [0.15, 0.2) is 11.0 Å². The summed E-state index contributed by atoms with van der Waals surface area (Å²) in [5.41, 5.74) is 1.72. The van der Waals surface area contributed by atoms with E-state index in [2.05, 4.69) is 15.5 Å². The third-order valence-electron chi connectivity index (χ3n) is 4.23. The minimum absolute atomic E-state index is 0.102. The monoisotopic (exact) mass is 426 g/mol. The highest BCUT2D eigenvalue weighted by atomic mass is 32.2. The number of rotatable bonds is 9. The van der Waals surface area contributed by atoms with Crippen LogP contribution in [0.25, 0.3) is 5.69 Å². The molecule has 3 rings (SSSR count). The van der Waals surface area contributed by atoms with Crippen LogP contribution in [-0.4, -0.2) is 46.6 Å². The van der Waals surface area contributed by atoms with Crippen LogP contribution in [0.4, 0.5) is 0 Å². The third kappa shape index (κ3) is 5.60. The Bertz CT molecular complexity index is 990. The average Bonchev–Trinajstić information content (AvgIpc) is 3.19. The summed E-state index contributed by atoms with van der Waals surface area (Å²) in [5.74, 6) is 0.893. The quantitative estimate of drug-likeness (QED) is 0.415. The molecule has 0 bridgehead atoms. The van der Waals surface area contributed by atoms with Gasteiger partial charge in [0.05, 0.1) is 32.9 Å². The van der Waals surface area contributed by atoms with Crippen molar-refractivity contribution >= 4 is 23.6 Å². The fourth-order valence-corrected chi connectivity index (χ4v) is 3.51. The van der Waals surface area contributed by atoms with E-state index in [0.29, 0.717) is 16.7 Å². The molecular weight excluding hydrogens is 404 g/mol. The van der Waals surface area contributed by atoms with Gasteiger partial charge in [0.1, 0.15) is 5.75 Å². The van der Waals surface area contributed by atoms with Crippen molar-refractivity contribution in [3.63, 3.8) is 0 Å². The predicted molar refractivity (Wildman–Crippen MR) is 113 cm³/mol. The highest BCUT2D eigenvalue weighted by Crippen LogP contribution is 2.24. The number of methoxy groups -OCH3 is 2. The maximum atomic E-state index is 12.3. The number of carbonyl (C=O) groups excluding carboxylic acids is 2. The van der Waals surface area contributed by atoms with E-state index in [4.69, 9.17) is 9.47 Å². The molecule has 0 saturated carbocycles. The van der Waals surface area contributed by atoms with Gasteiger partial charge in [-0.25, -0.2) is 0 Å². The molecule has 1 aromatic heterocycles. The molecule has 8 nitrogen and oxygen atoms in total. The number of thioether (sulfide) groups is 1. The zero-order valence-electron chi connectivity index (χ0n) is 16.7. The third-order valence-corrected chi connectivity index (χ3v) is 5.13. The average molecular weight is 426 g/mol. The fraction of sp³-hybridized carbons (Fsp3) is 0.238. The second-order valence-corrected chi connectivity index (χ2v) is 7.18. The first-order valence-electron chi connectivity index (χ1n) is 9.19. The zero-order chi connectivity index (χ0) is 21.3. The first-order chi connectivity index (χ1) is 14.6. The predicted octanol–water partition coefficient (Wildman–Crippen LogP) is 2.40. The van der Waals surface area contributed by atoms with E-state index in [1.54, 1.807) is 11.7 Å². The maximum Gasteiger partial charge on any atom is 0.316 e. The Labute approximate surface area is 178 Å². The summed E-state index contributed by atoms with van der Waals surface area (Å²) in [7, 11) is 2.93. The normalized spacial score (nSPS) is 10.5. The van der Waals surface area contributed by atoms with Gasteiger partial charge in [0.25, 0.3) is 0 Å². The molecule has 30 heavy (non-hydrogen) atoms. The van der Waals surface area contributed by atoms with Gasteiger partial charge >= 0.3 is 5.97 Å². The van der Waals surface area contributed by atoms with Crippen molar-refractivity contribution < 1.29 is 19.1 Å². The lowest BCUT2D eigenvalue weighted by molar-refractivity contribution is -0.137. The Morgan fingerprint density at radius 3 is 2.43 bits per heavy atom. The van der Waals surface area contributed by atoms with Crippen molar-refractivity contribution in [1.29, 1.82) is 0 Å². The van der Waals surface area contributed by atoms with Gasteiger partial charge in [-0.05, 0) is 29.8 Å². The van der Waals surface area contributed by atoms with Crippen LogP contribution >= 0.6 is 11.8 Å². The van der Waals surface area contributed by atoms with Crippen LogP contribution in [0.1, 0.15) is 11.4 Å².